The Hall–Kier alpha value is -1.86. The van der Waals surface area contributed by atoms with Crippen molar-refractivity contribution in [1.82, 2.24) is 0 Å². The van der Waals surface area contributed by atoms with Gasteiger partial charge in [-0.3, -0.25) is 0 Å². The van der Waals surface area contributed by atoms with E-state index in [1.807, 2.05) is 13.0 Å². The van der Waals surface area contributed by atoms with E-state index in [4.69, 9.17) is 14.7 Å². The van der Waals surface area contributed by atoms with E-state index in [0.717, 1.165) is 0 Å². The lowest BCUT2D eigenvalue weighted by atomic mass is 10.1. The number of carbonyl (C=O) groups is 1. The van der Waals surface area contributed by atoms with Gasteiger partial charge in [0.25, 0.3) is 0 Å². The quantitative estimate of drug-likeness (QED) is 0.731. The van der Waals surface area contributed by atoms with E-state index in [0.29, 0.717) is 24.2 Å². The minimum Gasteiger partial charge on any atom is -0.462 e. The second kappa shape index (κ2) is 6.66. The molecule has 4 nitrogen and oxygen atoms in total. The average molecular weight is 233 g/mol. The smallest absolute Gasteiger partial charge is 0.338 e. The molecule has 1 rings (SSSR count). The standard InChI is InChI=1S/C13H15NO3/c1-10(16-2)7-8-17-13(15)12-5-3-11(9-14)4-6-12/h3-6,10H,7-8H2,1-2H3/t10-/m0/s1. The van der Waals surface area contributed by atoms with Crippen molar-refractivity contribution in [3.63, 3.8) is 0 Å². The maximum Gasteiger partial charge on any atom is 0.338 e. The Labute approximate surface area is 101 Å². The van der Waals surface area contributed by atoms with E-state index < -0.39 is 0 Å². The van der Waals surface area contributed by atoms with Gasteiger partial charge in [-0.25, -0.2) is 4.79 Å². The van der Waals surface area contributed by atoms with Crippen molar-refractivity contribution in [3.05, 3.63) is 35.4 Å². The molecule has 0 radical (unpaired) electrons. The molecule has 0 aliphatic heterocycles. The summed E-state index contributed by atoms with van der Waals surface area (Å²) in [5.41, 5.74) is 0.976. The molecular formula is C13H15NO3. The topological polar surface area (TPSA) is 59.3 Å². The van der Waals surface area contributed by atoms with E-state index in [2.05, 4.69) is 0 Å². The monoisotopic (exact) mass is 233 g/mol. The van der Waals surface area contributed by atoms with Crippen molar-refractivity contribution in [1.29, 1.82) is 5.26 Å². The van der Waals surface area contributed by atoms with Crippen LogP contribution in [0.1, 0.15) is 29.3 Å². The van der Waals surface area contributed by atoms with Crippen LogP contribution in [-0.4, -0.2) is 25.8 Å². The van der Waals surface area contributed by atoms with E-state index in [9.17, 15) is 4.79 Å². The highest BCUT2D eigenvalue weighted by molar-refractivity contribution is 5.89. The highest BCUT2D eigenvalue weighted by atomic mass is 16.5. The first-order valence-electron chi connectivity index (χ1n) is 5.37. The summed E-state index contributed by atoms with van der Waals surface area (Å²) in [4.78, 5) is 11.6. The first-order valence-corrected chi connectivity index (χ1v) is 5.37. The molecule has 1 aromatic rings. The largest absolute Gasteiger partial charge is 0.462 e. The van der Waals surface area contributed by atoms with Gasteiger partial charge < -0.3 is 9.47 Å². The van der Waals surface area contributed by atoms with Gasteiger partial charge in [-0.2, -0.15) is 5.26 Å². The summed E-state index contributed by atoms with van der Waals surface area (Å²) in [6.07, 6.45) is 0.738. The number of methoxy groups -OCH3 is 1. The lowest BCUT2D eigenvalue weighted by Crippen LogP contribution is -2.12. The molecule has 0 saturated heterocycles. The number of hydrogen-bond acceptors (Lipinski definition) is 4. The lowest BCUT2D eigenvalue weighted by molar-refractivity contribution is 0.0391. The molecule has 90 valence electrons. The maximum atomic E-state index is 11.6. The van der Waals surface area contributed by atoms with Gasteiger partial charge in [-0.1, -0.05) is 0 Å². The summed E-state index contributed by atoms with van der Waals surface area (Å²) < 4.78 is 10.1. The van der Waals surface area contributed by atoms with Crippen molar-refractivity contribution < 1.29 is 14.3 Å². The molecule has 0 aromatic heterocycles. The van der Waals surface area contributed by atoms with Crippen LogP contribution in [0, 0.1) is 11.3 Å². The molecule has 17 heavy (non-hydrogen) atoms. The van der Waals surface area contributed by atoms with E-state index >= 15 is 0 Å². The molecule has 1 atom stereocenters. The van der Waals surface area contributed by atoms with Gasteiger partial charge in [0.05, 0.1) is 29.9 Å². The molecule has 0 aliphatic carbocycles. The summed E-state index contributed by atoms with van der Waals surface area (Å²) in [5.74, 6) is -0.377. The van der Waals surface area contributed by atoms with Crippen molar-refractivity contribution in [2.75, 3.05) is 13.7 Å². The molecule has 0 spiro atoms. The van der Waals surface area contributed by atoms with E-state index in [-0.39, 0.29) is 12.1 Å². The van der Waals surface area contributed by atoms with Crippen LogP contribution in [0.15, 0.2) is 24.3 Å². The molecule has 0 fully saturated rings. The zero-order valence-electron chi connectivity index (χ0n) is 9.97. The minimum atomic E-state index is -0.377. The van der Waals surface area contributed by atoms with Gasteiger partial charge in [0.2, 0.25) is 0 Å². The number of nitrogens with zero attached hydrogens (tertiary/aromatic N) is 1. The second-order valence-electron chi connectivity index (χ2n) is 3.66. The van der Waals surface area contributed by atoms with Gasteiger partial charge in [-0.05, 0) is 31.2 Å². The summed E-state index contributed by atoms with van der Waals surface area (Å²) in [6.45, 7) is 2.24. The van der Waals surface area contributed by atoms with Crippen molar-refractivity contribution in [2.45, 2.75) is 19.4 Å². The molecule has 0 bridgehead atoms. The van der Waals surface area contributed by atoms with Crippen LogP contribution in [0.5, 0.6) is 0 Å². The Bertz CT molecular complexity index is 406. The van der Waals surface area contributed by atoms with Crippen LogP contribution in [0.4, 0.5) is 0 Å². The van der Waals surface area contributed by atoms with Gasteiger partial charge in [0.1, 0.15) is 0 Å². The minimum absolute atomic E-state index is 0.0729. The zero-order valence-corrected chi connectivity index (χ0v) is 9.97. The normalized spacial score (nSPS) is 11.6. The fraction of sp³-hybridized carbons (Fsp3) is 0.385. The van der Waals surface area contributed by atoms with E-state index in [1.54, 1.807) is 31.4 Å². The molecule has 0 heterocycles. The number of esters is 1. The van der Waals surface area contributed by atoms with Crippen LogP contribution >= 0.6 is 0 Å². The fourth-order valence-electron chi connectivity index (χ4n) is 1.20. The highest BCUT2D eigenvalue weighted by Crippen LogP contribution is 2.06. The van der Waals surface area contributed by atoms with Crippen LogP contribution in [-0.2, 0) is 9.47 Å². The van der Waals surface area contributed by atoms with Gasteiger partial charge in [-0.15, -0.1) is 0 Å². The van der Waals surface area contributed by atoms with Crippen molar-refractivity contribution in [2.24, 2.45) is 0 Å². The lowest BCUT2D eigenvalue weighted by Gasteiger charge is -2.09. The molecule has 0 aliphatic rings. The third-order valence-corrected chi connectivity index (χ3v) is 2.41. The highest BCUT2D eigenvalue weighted by Gasteiger charge is 2.07. The zero-order chi connectivity index (χ0) is 12.7. The summed E-state index contributed by atoms with van der Waals surface area (Å²) in [5, 5.41) is 8.62. The Balaban J connectivity index is 2.44. The van der Waals surface area contributed by atoms with Gasteiger partial charge in [0.15, 0.2) is 0 Å². The van der Waals surface area contributed by atoms with Crippen molar-refractivity contribution in [3.8, 4) is 6.07 Å². The summed E-state index contributed by atoms with van der Waals surface area (Å²) in [7, 11) is 1.62. The fourth-order valence-corrected chi connectivity index (χ4v) is 1.20. The second-order valence-corrected chi connectivity index (χ2v) is 3.66. The summed E-state index contributed by atoms with van der Waals surface area (Å²) >= 11 is 0. The number of hydrogen-bond donors (Lipinski definition) is 0. The first kappa shape index (κ1) is 13.2. The maximum absolute atomic E-state index is 11.6. The van der Waals surface area contributed by atoms with Crippen LogP contribution in [0.2, 0.25) is 0 Å². The molecule has 4 heteroatoms. The van der Waals surface area contributed by atoms with Crippen LogP contribution in [0.25, 0.3) is 0 Å². The SMILES string of the molecule is CO[C@@H](C)CCOC(=O)c1ccc(C#N)cc1. The molecular weight excluding hydrogens is 218 g/mol. The van der Waals surface area contributed by atoms with Crippen LogP contribution < -0.4 is 0 Å². The number of ether oxygens (including phenoxy) is 2. The predicted molar refractivity (Wildman–Crippen MR) is 62.5 cm³/mol. The van der Waals surface area contributed by atoms with Gasteiger partial charge in [0, 0.05) is 13.5 Å². The molecule has 0 amide bonds. The van der Waals surface area contributed by atoms with Crippen LogP contribution in [0.3, 0.4) is 0 Å². The third-order valence-electron chi connectivity index (χ3n) is 2.41. The first-order chi connectivity index (χ1) is 8.17. The number of rotatable bonds is 5. The number of carbonyl (C=O) groups excluding carboxylic acids is 1. The Kier molecular flexibility index (Phi) is 5.18. The Morgan fingerprint density at radius 1 is 1.41 bits per heavy atom. The molecule has 0 saturated carbocycles. The molecule has 1 aromatic carbocycles. The molecule has 0 unspecified atom stereocenters. The van der Waals surface area contributed by atoms with E-state index in [1.165, 1.54) is 0 Å². The Morgan fingerprint density at radius 2 is 2.06 bits per heavy atom. The summed E-state index contributed by atoms with van der Waals surface area (Å²) in [6, 6.07) is 8.34. The Morgan fingerprint density at radius 3 is 2.59 bits per heavy atom. The predicted octanol–water partition coefficient (Wildman–Crippen LogP) is 2.14. The van der Waals surface area contributed by atoms with Gasteiger partial charge >= 0.3 is 5.97 Å². The van der Waals surface area contributed by atoms with Crippen molar-refractivity contribution >= 4 is 5.97 Å². The number of benzene rings is 1. The average Bonchev–Trinajstić information content (AvgIpc) is 2.38. The third kappa shape index (κ3) is 4.25. The number of nitriles is 1. The molecule has 0 N–H and O–H groups in total.